The number of ketones is 1. The van der Waals surface area contributed by atoms with Crippen LogP contribution in [0.5, 0.6) is 5.75 Å². The van der Waals surface area contributed by atoms with Gasteiger partial charge in [0.05, 0.1) is 18.0 Å². The number of hydrogen-bond acceptors (Lipinski definition) is 3. The van der Waals surface area contributed by atoms with Gasteiger partial charge in [-0.05, 0) is 42.3 Å². The number of ether oxygens (including phenoxy) is 1. The van der Waals surface area contributed by atoms with Crippen LogP contribution in [0.1, 0.15) is 27.9 Å². The molecule has 0 atom stereocenters. The Bertz CT molecular complexity index is 1100. The van der Waals surface area contributed by atoms with E-state index in [1.165, 1.54) is 6.07 Å². The number of carbonyl (C=O) groups excluding carboxylic acids is 1. The lowest BCUT2D eigenvalue weighted by atomic mass is 10.0. The summed E-state index contributed by atoms with van der Waals surface area (Å²) in [5.74, 6) is 0.492. The molecule has 0 spiro atoms. The molecule has 0 aliphatic carbocycles. The summed E-state index contributed by atoms with van der Waals surface area (Å²) in [6.07, 6.45) is 6.32. The van der Waals surface area contributed by atoms with Crippen LogP contribution in [-0.4, -0.2) is 15.2 Å². The third-order valence-corrected chi connectivity index (χ3v) is 4.65. The first-order chi connectivity index (χ1) is 13.7. The van der Waals surface area contributed by atoms with Gasteiger partial charge in [0.25, 0.3) is 0 Å². The fourth-order valence-electron chi connectivity index (χ4n) is 3.02. The third kappa shape index (κ3) is 4.09. The van der Waals surface area contributed by atoms with E-state index in [0.717, 1.165) is 11.1 Å². The van der Waals surface area contributed by atoms with Crippen molar-refractivity contribution in [1.29, 1.82) is 0 Å². The molecule has 0 bridgehead atoms. The molecule has 4 nitrogen and oxygen atoms in total. The first-order valence-corrected chi connectivity index (χ1v) is 9.09. The van der Waals surface area contributed by atoms with Crippen LogP contribution in [0.15, 0.2) is 79.4 Å². The molecular formula is C23H19FN2O2. The molecule has 0 saturated carbocycles. The van der Waals surface area contributed by atoms with Crippen molar-refractivity contribution in [3.63, 3.8) is 0 Å². The molecule has 0 aliphatic heterocycles. The van der Waals surface area contributed by atoms with Gasteiger partial charge in [-0.1, -0.05) is 30.3 Å². The summed E-state index contributed by atoms with van der Waals surface area (Å²) in [6, 6.07) is 17.8. The Balaban J connectivity index is 1.32. The van der Waals surface area contributed by atoms with Crippen molar-refractivity contribution in [2.75, 3.05) is 0 Å². The zero-order valence-electron chi connectivity index (χ0n) is 15.2. The lowest BCUT2D eigenvalue weighted by Crippen LogP contribution is -2.03. The first-order valence-electron chi connectivity index (χ1n) is 9.09. The van der Waals surface area contributed by atoms with Gasteiger partial charge < -0.3 is 9.14 Å². The van der Waals surface area contributed by atoms with Crippen molar-refractivity contribution < 1.29 is 13.9 Å². The maximum absolute atomic E-state index is 13.6. The molecule has 0 amide bonds. The number of aryl methyl sites for hydroxylation is 1. The maximum atomic E-state index is 13.6. The van der Waals surface area contributed by atoms with Crippen molar-refractivity contribution in [2.45, 2.75) is 19.4 Å². The zero-order chi connectivity index (χ0) is 19.3. The van der Waals surface area contributed by atoms with Gasteiger partial charge in [-0.25, -0.2) is 9.37 Å². The molecule has 0 radical (unpaired) electrons. The number of aromatic nitrogens is 2. The maximum Gasteiger partial charge on any atom is 0.164 e. The summed E-state index contributed by atoms with van der Waals surface area (Å²) in [7, 11) is 0. The Morgan fingerprint density at radius 3 is 2.68 bits per heavy atom. The van der Waals surface area contributed by atoms with Gasteiger partial charge in [-0.3, -0.25) is 4.79 Å². The van der Waals surface area contributed by atoms with Gasteiger partial charge in [-0.2, -0.15) is 0 Å². The molecule has 4 rings (SSSR count). The molecule has 2 heterocycles. The summed E-state index contributed by atoms with van der Waals surface area (Å²) in [5, 5.41) is 0. The molecule has 0 unspecified atom stereocenters. The molecule has 140 valence electrons. The highest BCUT2D eigenvalue weighted by Gasteiger charge is 2.08. The molecule has 2 aromatic heterocycles. The van der Waals surface area contributed by atoms with Crippen LogP contribution in [0.4, 0.5) is 4.39 Å². The summed E-state index contributed by atoms with van der Waals surface area (Å²) >= 11 is 0. The van der Waals surface area contributed by atoms with Crippen LogP contribution in [-0.2, 0) is 13.0 Å². The average molecular weight is 374 g/mol. The van der Waals surface area contributed by atoms with E-state index in [0.29, 0.717) is 29.7 Å². The van der Waals surface area contributed by atoms with E-state index in [9.17, 15) is 9.18 Å². The Kier molecular flexibility index (Phi) is 5.15. The Hall–Kier alpha value is -3.47. The predicted molar refractivity (Wildman–Crippen MR) is 105 cm³/mol. The molecule has 0 fully saturated rings. The highest BCUT2D eigenvalue weighted by molar-refractivity contribution is 5.96. The molecule has 0 saturated heterocycles. The number of Topliss-reactive ketones (excluding diaryl/α,β-unsaturated/α-hetero) is 1. The monoisotopic (exact) mass is 374 g/mol. The average Bonchev–Trinajstić information content (AvgIpc) is 3.20. The zero-order valence-corrected chi connectivity index (χ0v) is 15.2. The fourth-order valence-corrected chi connectivity index (χ4v) is 3.02. The van der Waals surface area contributed by atoms with Crippen LogP contribution < -0.4 is 4.74 Å². The van der Waals surface area contributed by atoms with E-state index in [1.54, 1.807) is 30.7 Å². The highest BCUT2D eigenvalue weighted by atomic mass is 19.1. The number of fused-ring (bicyclic) bond motifs is 1. The summed E-state index contributed by atoms with van der Waals surface area (Å²) in [6.45, 7) is 0.182. The van der Waals surface area contributed by atoms with Crippen LogP contribution in [0, 0.1) is 5.82 Å². The molecule has 2 aromatic carbocycles. The Labute approximate surface area is 162 Å². The number of nitrogens with zero attached hydrogens (tertiary/aromatic N) is 2. The molecule has 28 heavy (non-hydrogen) atoms. The van der Waals surface area contributed by atoms with Crippen LogP contribution in [0.3, 0.4) is 0 Å². The fraction of sp³-hybridized carbons (Fsp3) is 0.130. The minimum absolute atomic E-state index is 0.0930. The van der Waals surface area contributed by atoms with E-state index in [2.05, 4.69) is 4.98 Å². The number of carbonyl (C=O) groups is 1. The quantitative estimate of drug-likeness (QED) is 0.434. The highest BCUT2D eigenvalue weighted by Crippen LogP contribution is 2.17. The van der Waals surface area contributed by atoms with Gasteiger partial charge in [0.15, 0.2) is 5.78 Å². The topological polar surface area (TPSA) is 43.6 Å². The normalized spacial score (nSPS) is 10.9. The summed E-state index contributed by atoms with van der Waals surface area (Å²) in [5.41, 5.74) is 3.21. The van der Waals surface area contributed by atoms with Gasteiger partial charge in [0, 0.05) is 23.7 Å². The minimum Gasteiger partial charge on any atom is -0.489 e. The van der Waals surface area contributed by atoms with E-state index in [-0.39, 0.29) is 18.2 Å². The van der Waals surface area contributed by atoms with E-state index in [4.69, 9.17) is 4.74 Å². The minimum atomic E-state index is -0.272. The van der Waals surface area contributed by atoms with Gasteiger partial charge in [0.1, 0.15) is 18.2 Å². The second-order valence-electron chi connectivity index (χ2n) is 6.59. The van der Waals surface area contributed by atoms with Crippen LogP contribution >= 0.6 is 0 Å². The number of benzene rings is 2. The van der Waals surface area contributed by atoms with E-state index < -0.39 is 0 Å². The van der Waals surface area contributed by atoms with Crippen LogP contribution in [0.25, 0.3) is 5.52 Å². The number of hydrogen-bond donors (Lipinski definition) is 0. The largest absolute Gasteiger partial charge is 0.489 e. The van der Waals surface area contributed by atoms with Gasteiger partial charge in [0.2, 0.25) is 0 Å². The molecule has 0 aliphatic rings. The van der Waals surface area contributed by atoms with E-state index in [1.807, 2.05) is 47.0 Å². The Morgan fingerprint density at radius 2 is 1.86 bits per heavy atom. The lowest BCUT2D eigenvalue weighted by molar-refractivity contribution is 0.0982. The Morgan fingerprint density at radius 1 is 1.04 bits per heavy atom. The summed E-state index contributed by atoms with van der Waals surface area (Å²) in [4.78, 5) is 16.5. The second kappa shape index (κ2) is 8.05. The van der Waals surface area contributed by atoms with Crippen molar-refractivity contribution in [1.82, 2.24) is 9.38 Å². The van der Waals surface area contributed by atoms with E-state index >= 15 is 0 Å². The van der Waals surface area contributed by atoms with Crippen molar-refractivity contribution in [3.8, 4) is 5.75 Å². The van der Waals surface area contributed by atoms with Crippen molar-refractivity contribution in [2.24, 2.45) is 0 Å². The first kappa shape index (κ1) is 17.9. The second-order valence-corrected chi connectivity index (χ2v) is 6.59. The molecule has 0 N–H and O–H groups in total. The SMILES string of the molecule is O=C(CCc1ccc(OCc2ccccc2F)cc1)c1ccc2cncn2c1. The number of pyridine rings is 1. The number of halogens is 1. The standard InChI is InChI=1S/C23H19FN2O2/c24-22-4-2-1-3-19(22)15-28-21-10-5-17(6-11-21)7-12-23(27)18-8-9-20-13-25-16-26(20)14-18/h1-6,8-11,13-14,16H,7,12,15H2. The van der Waals surface area contributed by atoms with Gasteiger partial charge in [-0.15, -0.1) is 0 Å². The predicted octanol–water partition coefficient (Wildman–Crippen LogP) is 4.87. The molecule has 5 heteroatoms. The summed E-state index contributed by atoms with van der Waals surface area (Å²) < 4.78 is 21.1. The third-order valence-electron chi connectivity index (χ3n) is 4.65. The van der Waals surface area contributed by atoms with Crippen LogP contribution in [0.2, 0.25) is 0 Å². The van der Waals surface area contributed by atoms with Crippen molar-refractivity contribution in [3.05, 3.63) is 102 Å². The lowest BCUT2D eigenvalue weighted by Gasteiger charge is -2.08. The molecule has 4 aromatic rings. The van der Waals surface area contributed by atoms with Gasteiger partial charge >= 0.3 is 0 Å². The smallest absolute Gasteiger partial charge is 0.164 e. The molecular weight excluding hydrogens is 355 g/mol. The van der Waals surface area contributed by atoms with Crippen molar-refractivity contribution >= 4 is 11.3 Å². The number of imidazole rings is 1. The number of rotatable bonds is 7.